The summed E-state index contributed by atoms with van der Waals surface area (Å²) in [5, 5.41) is 2.39. The Morgan fingerprint density at radius 3 is 2.46 bits per heavy atom. The summed E-state index contributed by atoms with van der Waals surface area (Å²) < 4.78 is 0. The minimum atomic E-state index is -0.382. The largest absolute Gasteiger partial charge is 0.296 e. The summed E-state index contributed by atoms with van der Waals surface area (Å²) in [5.74, 6) is -0.170. The molecule has 0 aromatic rings. The van der Waals surface area contributed by atoms with E-state index in [1.807, 2.05) is 6.92 Å². The van der Waals surface area contributed by atoms with E-state index in [1.165, 1.54) is 0 Å². The van der Waals surface area contributed by atoms with E-state index in [4.69, 9.17) is 0 Å². The molecule has 74 valence electrons. The fourth-order valence-electron chi connectivity index (χ4n) is 1.87. The van der Waals surface area contributed by atoms with Gasteiger partial charge in [0, 0.05) is 6.42 Å². The fraction of sp³-hybridized carbons (Fsp3) is 0.800. The Kier molecular flexibility index (Phi) is 3.07. The summed E-state index contributed by atoms with van der Waals surface area (Å²) in [7, 11) is 0. The summed E-state index contributed by atoms with van der Waals surface area (Å²) in [6.45, 7) is 4.08. The number of rotatable bonds is 4. The molecule has 0 aliphatic carbocycles. The van der Waals surface area contributed by atoms with Crippen molar-refractivity contribution in [3.8, 4) is 0 Å². The molecule has 13 heavy (non-hydrogen) atoms. The van der Waals surface area contributed by atoms with Gasteiger partial charge in [-0.05, 0) is 12.8 Å². The Morgan fingerprint density at radius 1 is 1.38 bits per heavy atom. The average molecular weight is 183 g/mol. The van der Waals surface area contributed by atoms with Crippen molar-refractivity contribution in [3.63, 3.8) is 0 Å². The van der Waals surface area contributed by atoms with E-state index >= 15 is 0 Å². The van der Waals surface area contributed by atoms with Gasteiger partial charge in [-0.3, -0.25) is 14.9 Å². The van der Waals surface area contributed by atoms with Gasteiger partial charge in [-0.25, -0.2) is 0 Å². The first-order valence-electron chi connectivity index (χ1n) is 4.99. The molecule has 0 aromatic heterocycles. The van der Waals surface area contributed by atoms with Crippen molar-refractivity contribution >= 4 is 11.8 Å². The second kappa shape index (κ2) is 3.90. The summed E-state index contributed by atoms with van der Waals surface area (Å²) in [4.78, 5) is 22.6. The predicted octanol–water partition coefficient (Wildman–Crippen LogP) is 1.62. The first-order valence-corrected chi connectivity index (χ1v) is 4.99. The number of carbonyl (C=O) groups excluding carboxylic acids is 2. The van der Waals surface area contributed by atoms with Crippen LogP contribution in [0.5, 0.6) is 0 Å². The van der Waals surface area contributed by atoms with E-state index in [0.717, 1.165) is 25.7 Å². The van der Waals surface area contributed by atoms with Gasteiger partial charge in [-0.1, -0.05) is 26.7 Å². The zero-order valence-corrected chi connectivity index (χ0v) is 8.35. The maximum absolute atomic E-state index is 11.5. The Hall–Kier alpha value is -0.860. The van der Waals surface area contributed by atoms with Crippen molar-refractivity contribution in [2.45, 2.75) is 46.0 Å². The molecule has 2 amide bonds. The van der Waals surface area contributed by atoms with Crippen LogP contribution in [0.4, 0.5) is 0 Å². The standard InChI is InChI=1S/C10H17NO2/c1-3-5-6-10(4-2)7-8(12)11-9(10)13/h3-7H2,1-2H3,(H,11,12,13). The molecule has 3 heteroatoms. The molecule has 1 saturated heterocycles. The highest BCUT2D eigenvalue weighted by molar-refractivity contribution is 6.05. The minimum Gasteiger partial charge on any atom is -0.296 e. The third-order valence-corrected chi connectivity index (χ3v) is 2.92. The number of imide groups is 1. The lowest BCUT2D eigenvalue weighted by molar-refractivity contribution is -0.129. The molecule has 1 fully saturated rings. The molecule has 1 aliphatic heterocycles. The smallest absolute Gasteiger partial charge is 0.233 e. The van der Waals surface area contributed by atoms with Crippen LogP contribution in [0.25, 0.3) is 0 Å². The van der Waals surface area contributed by atoms with Crippen LogP contribution in [-0.2, 0) is 9.59 Å². The van der Waals surface area contributed by atoms with Crippen molar-refractivity contribution < 1.29 is 9.59 Å². The van der Waals surface area contributed by atoms with Gasteiger partial charge >= 0.3 is 0 Å². The third-order valence-electron chi connectivity index (χ3n) is 2.92. The SMILES string of the molecule is CCCCC1(CC)CC(=O)NC1=O. The molecular weight excluding hydrogens is 166 g/mol. The zero-order valence-electron chi connectivity index (χ0n) is 8.35. The van der Waals surface area contributed by atoms with E-state index in [2.05, 4.69) is 12.2 Å². The second-order valence-electron chi connectivity index (χ2n) is 3.79. The van der Waals surface area contributed by atoms with E-state index in [9.17, 15) is 9.59 Å². The van der Waals surface area contributed by atoms with Crippen molar-refractivity contribution in [2.75, 3.05) is 0 Å². The highest BCUT2D eigenvalue weighted by atomic mass is 16.2. The molecule has 0 spiro atoms. The molecule has 1 rings (SSSR count). The van der Waals surface area contributed by atoms with Crippen LogP contribution < -0.4 is 5.32 Å². The van der Waals surface area contributed by atoms with Crippen molar-refractivity contribution in [2.24, 2.45) is 5.41 Å². The van der Waals surface area contributed by atoms with Crippen LogP contribution in [0, 0.1) is 5.41 Å². The highest BCUT2D eigenvalue weighted by Gasteiger charge is 2.44. The zero-order chi connectivity index (χ0) is 9.90. The average Bonchev–Trinajstić information content (AvgIpc) is 2.38. The molecule has 1 atom stereocenters. The second-order valence-corrected chi connectivity index (χ2v) is 3.79. The van der Waals surface area contributed by atoms with Gasteiger partial charge in [0.25, 0.3) is 0 Å². The van der Waals surface area contributed by atoms with E-state index in [1.54, 1.807) is 0 Å². The van der Waals surface area contributed by atoms with Gasteiger partial charge in [-0.15, -0.1) is 0 Å². The van der Waals surface area contributed by atoms with Crippen LogP contribution in [-0.4, -0.2) is 11.8 Å². The molecule has 1 heterocycles. The van der Waals surface area contributed by atoms with Crippen LogP contribution in [0.1, 0.15) is 46.0 Å². The summed E-state index contributed by atoms with van der Waals surface area (Å²) >= 11 is 0. The Bertz CT molecular complexity index is 225. The topological polar surface area (TPSA) is 46.2 Å². The molecule has 1 N–H and O–H groups in total. The van der Waals surface area contributed by atoms with Gasteiger partial charge in [-0.2, -0.15) is 0 Å². The van der Waals surface area contributed by atoms with Gasteiger partial charge in [0.2, 0.25) is 11.8 Å². The maximum atomic E-state index is 11.5. The van der Waals surface area contributed by atoms with Crippen LogP contribution in [0.3, 0.4) is 0 Å². The first kappa shape index (κ1) is 10.2. The first-order chi connectivity index (χ1) is 6.14. The van der Waals surface area contributed by atoms with Gasteiger partial charge < -0.3 is 0 Å². The molecule has 1 unspecified atom stereocenters. The normalized spacial score (nSPS) is 27.8. The highest BCUT2D eigenvalue weighted by Crippen LogP contribution is 2.36. The number of hydrogen-bond donors (Lipinski definition) is 1. The molecule has 1 aliphatic rings. The number of hydrogen-bond acceptors (Lipinski definition) is 2. The van der Waals surface area contributed by atoms with Gasteiger partial charge in [0.05, 0.1) is 5.41 Å². The molecular formula is C10H17NO2. The molecule has 0 bridgehead atoms. The summed E-state index contributed by atoms with van der Waals surface area (Å²) in [5.41, 5.74) is -0.382. The quantitative estimate of drug-likeness (QED) is 0.673. The van der Waals surface area contributed by atoms with Crippen molar-refractivity contribution in [1.82, 2.24) is 5.32 Å². The lowest BCUT2D eigenvalue weighted by Gasteiger charge is -2.22. The third kappa shape index (κ3) is 1.90. The van der Waals surface area contributed by atoms with Crippen molar-refractivity contribution in [3.05, 3.63) is 0 Å². The van der Waals surface area contributed by atoms with Gasteiger partial charge in [0.1, 0.15) is 0 Å². The van der Waals surface area contributed by atoms with E-state index in [0.29, 0.717) is 6.42 Å². The van der Waals surface area contributed by atoms with Crippen LogP contribution in [0.15, 0.2) is 0 Å². The minimum absolute atomic E-state index is 0.0616. The lowest BCUT2D eigenvalue weighted by Crippen LogP contribution is -2.31. The summed E-state index contributed by atoms with van der Waals surface area (Å²) in [6, 6.07) is 0. The van der Waals surface area contributed by atoms with Gasteiger partial charge in [0.15, 0.2) is 0 Å². The van der Waals surface area contributed by atoms with Crippen LogP contribution in [0.2, 0.25) is 0 Å². The molecule has 0 radical (unpaired) electrons. The Balaban J connectivity index is 2.68. The van der Waals surface area contributed by atoms with Crippen LogP contribution >= 0.6 is 0 Å². The Labute approximate surface area is 78.9 Å². The molecule has 0 saturated carbocycles. The summed E-state index contributed by atoms with van der Waals surface area (Å²) in [6.07, 6.45) is 4.10. The predicted molar refractivity (Wildman–Crippen MR) is 50.0 cm³/mol. The number of nitrogens with one attached hydrogen (secondary N) is 1. The van der Waals surface area contributed by atoms with E-state index < -0.39 is 0 Å². The molecule has 0 aromatic carbocycles. The van der Waals surface area contributed by atoms with Crippen molar-refractivity contribution in [1.29, 1.82) is 0 Å². The number of carbonyl (C=O) groups is 2. The number of unbranched alkanes of at least 4 members (excludes halogenated alkanes) is 1. The lowest BCUT2D eigenvalue weighted by atomic mass is 9.79. The van der Waals surface area contributed by atoms with E-state index in [-0.39, 0.29) is 17.2 Å². The maximum Gasteiger partial charge on any atom is 0.233 e. The fourth-order valence-corrected chi connectivity index (χ4v) is 1.87. The Morgan fingerprint density at radius 2 is 2.08 bits per heavy atom. The monoisotopic (exact) mass is 183 g/mol. The molecule has 3 nitrogen and oxygen atoms in total. The number of amides is 2.